The molecule has 1 saturated heterocycles. The van der Waals surface area contributed by atoms with Gasteiger partial charge in [-0.3, -0.25) is 4.90 Å². The highest BCUT2D eigenvalue weighted by Gasteiger charge is 2.16. The minimum Gasteiger partial charge on any atom is -0.369 e. The standard InChI is InChI=1S/C17H29N3/c1-3-18-9-4-5-10-19-11-13-20(14-12-19)17-8-6-7-16(2)15-17/h6-8,15,18H,3-5,9-14H2,1-2H3. The largest absolute Gasteiger partial charge is 0.369 e. The Morgan fingerprint density at radius 2 is 1.90 bits per heavy atom. The summed E-state index contributed by atoms with van der Waals surface area (Å²) in [5.41, 5.74) is 2.74. The summed E-state index contributed by atoms with van der Waals surface area (Å²) in [5.74, 6) is 0. The van der Waals surface area contributed by atoms with Gasteiger partial charge in [-0.1, -0.05) is 19.1 Å². The van der Waals surface area contributed by atoms with E-state index in [-0.39, 0.29) is 0 Å². The van der Waals surface area contributed by atoms with E-state index in [0.29, 0.717) is 0 Å². The number of aryl methyl sites for hydroxylation is 1. The molecular formula is C17H29N3. The molecule has 3 heteroatoms. The van der Waals surface area contributed by atoms with E-state index in [1.165, 1.54) is 50.3 Å². The zero-order valence-corrected chi connectivity index (χ0v) is 13.1. The van der Waals surface area contributed by atoms with Crippen molar-refractivity contribution in [3.05, 3.63) is 29.8 Å². The molecule has 1 aliphatic heterocycles. The van der Waals surface area contributed by atoms with E-state index in [2.05, 4.69) is 53.2 Å². The van der Waals surface area contributed by atoms with Crippen LogP contribution in [0.2, 0.25) is 0 Å². The predicted octanol–water partition coefficient (Wildman–Crippen LogP) is 2.51. The highest BCUT2D eigenvalue weighted by molar-refractivity contribution is 5.48. The fraction of sp³-hybridized carbons (Fsp3) is 0.647. The fourth-order valence-electron chi connectivity index (χ4n) is 2.82. The van der Waals surface area contributed by atoms with Gasteiger partial charge < -0.3 is 10.2 Å². The molecule has 0 unspecified atom stereocenters. The lowest BCUT2D eigenvalue weighted by Gasteiger charge is -2.36. The Morgan fingerprint density at radius 3 is 2.60 bits per heavy atom. The fourth-order valence-corrected chi connectivity index (χ4v) is 2.82. The van der Waals surface area contributed by atoms with Crippen molar-refractivity contribution in [3.63, 3.8) is 0 Å². The first kappa shape index (κ1) is 15.3. The molecule has 1 fully saturated rings. The van der Waals surface area contributed by atoms with Gasteiger partial charge in [0.2, 0.25) is 0 Å². The van der Waals surface area contributed by atoms with E-state index in [0.717, 1.165) is 19.6 Å². The van der Waals surface area contributed by atoms with Crippen LogP contribution in [0.1, 0.15) is 25.3 Å². The van der Waals surface area contributed by atoms with Crippen LogP contribution in [0.15, 0.2) is 24.3 Å². The number of nitrogens with one attached hydrogen (secondary N) is 1. The maximum Gasteiger partial charge on any atom is 0.0369 e. The lowest BCUT2D eigenvalue weighted by atomic mass is 10.2. The Balaban J connectivity index is 1.67. The molecule has 0 atom stereocenters. The van der Waals surface area contributed by atoms with Gasteiger partial charge in [-0.25, -0.2) is 0 Å². The summed E-state index contributed by atoms with van der Waals surface area (Å²) in [6.07, 6.45) is 2.61. The molecule has 0 aliphatic carbocycles. The molecule has 0 radical (unpaired) electrons. The first-order chi connectivity index (χ1) is 9.79. The van der Waals surface area contributed by atoms with Crippen molar-refractivity contribution in [1.29, 1.82) is 0 Å². The summed E-state index contributed by atoms with van der Waals surface area (Å²) >= 11 is 0. The Kier molecular flexibility index (Phi) is 6.34. The maximum absolute atomic E-state index is 3.39. The molecule has 3 nitrogen and oxygen atoms in total. The highest BCUT2D eigenvalue weighted by atomic mass is 15.3. The third kappa shape index (κ3) is 4.80. The topological polar surface area (TPSA) is 18.5 Å². The molecule has 1 aromatic rings. The van der Waals surface area contributed by atoms with E-state index in [4.69, 9.17) is 0 Å². The third-order valence-corrected chi connectivity index (χ3v) is 4.07. The van der Waals surface area contributed by atoms with Crippen LogP contribution in [0, 0.1) is 6.92 Å². The SMILES string of the molecule is CCNCCCCN1CCN(c2cccc(C)c2)CC1. The second-order valence-corrected chi connectivity index (χ2v) is 5.73. The number of hydrogen-bond donors (Lipinski definition) is 1. The van der Waals surface area contributed by atoms with Gasteiger partial charge in [-0.2, -0.15) is 0 Å². The summed E-state index contributed by atoms with van der Waals surface area (Å²) in [6.45, 7) is 12.6. The summed E-state index contributed by atoms with van der Waals surface area (Å²) in [7, 11) is 0. The minimum atomic E-state index is 1.09. The van der Waals surface area contributed by atoms with Crippen LogP contribution in [-0.2, 0) is 0 Å². The number of nitrogens with zero attached hydrogens (tertiary/aromatic N) is 2. The Bertz CT molecular complexity index is 384. The molecule has 0 aromatic heterocycles. The molecule has 1 aliphatic rings. The van der Waals surface area contributed by atoms with Crippen molar-refractivity contribution >= 4 is 5.69 Å². The summed E-state index contributed by atoms with van der Waals surface area (Å²) in [4.78, 5) is 5.13. The van der Waals surface area contributed by atoms with Crippen molar-refractivity contribution in [2.24, 2.45) is 0 Å². The normalized spacial score (nSPS) is 16.6. The van der Waals surface area contributed by atoms with Gasteiger partial charge in [0, 0.05) is 31.9 Å². The van der Waals surface area contributed by atoms with Gasteiger partial charge >= 0.3 is 0 Å². The van der Waals surface area contributed by atoms with Crippen LogP contribution in [0.3, 0.4) is 0 Å². The van der Waals surface area contributed by atoms with Crippen LogP contribution >= 0.6 is 0 Å². The van der Waals surface area contributed by atoms with Gasteiger partial charge in [0.1, 0.15) is 0 Å². The van der Waals surface area contributed by atoms with Crippen molar-refractivity contribution in [1.82, 2.24) is 10.2 Å². The molecule has 20 heavy (non-hydrogen) atoms. The number of unbranched alkanes of at least 4 members (excludes halogenated alkanes) is 1. The van der Waals surface area contributed by atoms with E-state index in [1.54, 1.807) is 0 Å². The number of hydrogen-bond acceptors (Lipinski definition) is 3. The Morgan fingerprint density at radius 1 is 1.10 bits per heavy atom. The van der Waals surface area contributed by atoms with Crippen molar-refractivity contribution in [2.45, 2.75) is 26.7 Å². The highest BCUT2D eigenvalue weighted by Crippen LogP contribution is 2.17. The second kappa shape index (κ2) is 8.28. The van der Waals surface area contributed by atoms with Gasteiger partial charge in [0.05, 0.1) is 0 Å². The zero-order chi connectivity index (χ0) is 14.2. The Hall–Kier alpha value is -1.06. The van der Waals surface area contributed by atoms with Crippen LogP contribution in [0.25, 0.3) is 0 Å². The molecule has 0 amide bonds. The molecule has 0 spiro atoms. The molecule has 1 aromatic carbocycles. The molecule has 1 N–H and O–H groups in total. The number of benzene rings is 1. The van der Waals surface area contributed by atoms with Crippen LogP contribution < -0.4 is 10.2 Å². The van der Waals surface area contributed by atoms with E-state index in [9.17, 15) is 0 Å². The van der Waals surface area contributed by atoms with E-state index < -0.39 is 0 Å². The quantitative estimate of drug-likeness (QED) is 0.771. The smallest absolute Gasteiger partial charge is 0.0369 e. The molecule has 112 valence electrons. The summed E-state index contributed by atoms with van der Waals surface area (Å²) < 4.78 is 0. The third-order valence-electron chi connectivity index (χ3n) is 4.07. The summed E-state index contributed by atoms with van der Waals surface area (Å²) in [5, 5.41) is 3.39. The number of rotatable bonds is 7. The van der Waals surface area contributed by atoms with Gasteiger partial charge in [-0.05, 0) is 57.1 Å². The van der Waals surface area contributed by atoms with Gasteiger partial charge in [0.25, 0.3) is 0 Å². The van der Waals surface area contributed by atoms with E-state index >= 15 is 0 Å². The van der Waals surface area contributed by atoms with Crippen LogP contribution in [-0.4, -0.2) is 50.7 Å². The van der Waals surface area contributed by atoms with Crippen LogP contribution in [0.4, 0.5) is 5.69 Å². The molecular weight excluding hydrogens is 246 g/mol. The maximum atomic E-state index is 3.39. The van der Waals surface area contributed by atoms with Crippen molar-refractivity contribution < 1.29 is 0 Å². The minimum absolute atomic E-state index is 1.09. The number of piperazine rings is 1. The molecule has 0 saturated carbocycles. The average Bonchev–Trinajstić information content (AvgIpc) is 2.48. The molecule has 2 rings (SSSR count). The molecule has 1 heterocycles. The lowest BCUT2D eigenvalue weighted by Crippen LogP contribution is -2.46. The van der Waals surface area contributed by atoms with Gasteiger partial charge in [0.15, 0.2) is 0 Å². The van der Waals surface area contributed by atoms with E-state index in [1.807, 2.05) is 0 Å². The predicted molar refractivity (Wildman–Crippen MR) is 87.6 cm³/mol. The average molecular weight is 275 g/mol. The van der Waals surface area contributed by atoms with Crippen molar-refractivity contribution in [2.75, 3.05) is 50.7 Å². The first-order valence-electron chi connectivity index (χ1n) is 8.04. The van der Waals surface area contributed by atoms with Crippen molar-refractivity contribution in [3.8, 4) is 0 Å². The Labute approximate surface area is 124 Å². The summed E-state index contributed by atoms with van der Waals surface area (Å²) in [6, 6.07) is 8.87. The first-order valence-corrected chi connectivity index (χ1v) is 8.04. The lowest BCUT2D eigenvalue weighted by molar-refractivity contribution is 0.252. The van der Waals surface area contributed by atoms with Crippen LogP contribution in [0.5, 0.6) is 0 Å². The second-order valence-electron chi connectivity index (χ2n) is 5.73. The molecule has 0 bridgehead atoms. The monoisotopic (exact) mass is 275 g/mol. The zero-order valence-electron chi connectivity index (χ0n) is 13.1. The number of anilines is 1. The van der Waals surface area contributed by atoms with Gasteiger partial charge in [-0.15, -0.1) is 0 Å².